The van der Waals surface area contributed by atoms with Crippen LogP contribution in [0.2, 0.25) is 0 Å². The SMILES string of the molecule is C=CC(=O)NCCC(=O)NCCC(=O)Oc1ccc[n+]([O-])c1. The first-order valence-corrected chi connectivity index (χ1v) is 6.57. The number of pyridine rings is 1. The molecule has 0 fully saturated rings. The summed E-state index contributed by atoms with van der Waals surface area (Å²) in [6.07, 6.45) is 3.58. The minimum atomic E-state index is -0.563. The van der Waals surface area contributed by atoms with Crippen LogP contribution in [0.15, 0.2) is 37.2 Å². The Hall–Kier alpha value is -2.90. The number of esters is 1. The molecule has 0 saturated heterocycles. The summed E-state index contributed by atoms with van der Waals surface area (Å²) in [5.41, 5.74) is 0. The fraction of sp³-hybridized carbons (Fsp3) is 0.286. The molecule has 2 N–H and O–H groups in total. The van der Waals surface area contributed by atoms with Gasteiger partial charge in [0.15, 0.2) is 11.9 Å². The van der Waals surface area contributed by atoms with Crippen molar-refractivity contribution < 1.29 is 23.9 Å². The van der Waals surface area contributed by atoms with E-state index in [2.05, 4.69) is 17.2 Å². The Morgan fingerprint density at radius 2 is 2.00 bits per heavy atom. The molecule has 0 atom stereocenters. The van der Waals surface area contributed by atoms with Crippen molar-refractivity contribution in [3.63, 3.8) is 0 Å². The summed E-state index contributed by atoms with van der Waals surface area (Å²) < 4.78 is 5.44. The molecule has 0 aromatic carbocycles. The average Bonchev–Trinajstić information content (AvgIpc) is 2.47. The predicted molar refractivity (Wildman–Crippen MR) is 76.5 cm³/mol. The van der Waals surface area contributed by atoms with Gasteiger partial charge in [-0.15, -0.1) is 0 Å². The van der Waals surface area contributed by atoms with E-state index in [1.54, 1.807) is 0 Å². The summed E-state index contributed by atoms with van der Waals surface area (Å²) in [5.74, 6) is -1.07. The van der Waals surface area contributed by atoms with E-state index in [1.807, 2.05) is 0 Å². The molecule has 0 radical (unpaired) electrons. The fourth-order valence-electron chi connectivity index (χ4n) is 1.44. The molecule has 0 aliphatic heterocycles. The summed E-state index contributed by atoms with van der Waals surface area (Å²) in [6.45, 7) is 3.58. The maximum Gasteiger partial charge on any atom is 0.313 e. The molecule has 1 aromatic heterocycles. The van der Waals surface area contributed by atoms with Crippen LogP contribution in [0, 0.1) is 5.21 Å². The second-order valence-electron chi connectivity index (χ2n) is 4.22. The lowest BCUT2D eigenvalue weighted by molar-refractivity contribution is -0.605. The molecule has 8 nitrogen and oxygen atoms in total. The molecule has 1 heterocycles. The van der Waals surface area contributed by atoms with Gasteiger partial charge in [0, 0.05) is 25.6 Å². The first-order valence-electron chi connectivity index (χ1n) is 6.57. The van der Waals surface area contributed by atoms with Crippen LogP contribution in [0.5, 0.6) is 5.75 Å². The predicted octanol–water partition coefficient (Wildman–Crippen LogP) is -0.576. The summed E-state index contributed by atoms with van der Waals surface area (Å²) in [5, 5.41) is 16.0. The van der Waals surface area contributed by atoms with Crippen molar-refractivity contribution in [3.05, 3.63) is 42.4 Å². The van der Waals surface area contributed by atoms with Gasteiger partial charge < -0.3 is 20.6 Å². The summed E-state index contributed by atoms with van der Waals surface area (Å²) >= 11 is 0. The molecule has 2 amide bonds. The van der Waals surface area contributed by atoms with Crippen molar-refractivity contribution in [3.8, 4) is 5.75 Å². The average molecular weight is 307 g/mol. The number of carbonyl (C=O) groups is 3. The lowest BCUT2D eigenvalue weighted by Gasteiger charge is -2.06. The van der Waals surface area contributed by atoms with Crippen LogP contribution >= 0.6 is 0 Å². The van der Waals surface area contributed by atoms with Gasteiger partial charge in [0.05, 0.1) is 6.42 Å². The van der Waals surface area contributed by atoms with Crippen molar-refractivity contribution in [2.75, 3.05) is 13.1 Å². The third-order valence-corrected chi connectivity index (χ3v) is 2.47. The van der Waals surface area contributed by atoms with E-state index < -0.39 is 5.97 Å². The van der Waals surface area contributed by atoms with Crippen LogP contribution in [0.25, 0.3) is 0 Å². The van der Waals surface area contributed by atoms with Crippen LogP contribution < -0.4 is 20.1 Å². The highest BCUT2D eigenvalue weighted by Crippen LogP contribution is 2.05. The molecule has 0 spiro atoms. The maximum absolute atomic E-state index is 11.5. The van der Waals surface area contributed by atoms with Gasteiger partial charge in [0.25, 0.3) is 0 Å². The van der Waals surface area contributed by atoms with Crippen molar-refractivity contribution >= 4 is 17.8 Å². The number of hydrogen-bond donors (Lipinski definition) is 2. The molecule has 1 aromatic rings. The first-order chi connectivity index (χ1) is 10.5. The van der Waals surface area contributed by atoms with Crippen LogP contribution in [-0.4, -0.2) is 30.9 Å². The molecule has 0 unspecified atom stereocenters. The number of nitrogens with one attached hydrogen (secondary N) is 2. The number of amides is 2. The van der Waals surface area contributed by atoms with E-state index in [-0.39, 0.29) is 43.5 Å². The fourth-order valence-corrected chi connectivity index (χ4v) is 1.44. The van der Waals surface area contributed by atoms with Crippen LogP contribution in [0.1, 0.15) is 12.8 Å². The number of nitrogens with zero attached hydrogens (tertiary/aromatic N) is 1. The lowest BCUT2D eigenvalue weighted by atomic mass is 10.3. The zero-order valence-corrected chi connectivity index (χ0v) is 11.9. The van der Waals surface area contributed by atoms with E-state index in [9.17, 15) is 19.6 Å². The second-order valence-corrected chi connectivity index (χ2v) is 4.22. The van der Waals surface area contributed by atoms with Gasteiger partial charge in [0.1, 0.15) is 0 Å². The standard InChI is InChI=1S/C14H17N3O5/c1-2-12(18)15-7-5-13(19)16-8-6-14(20)22-11-4-3-9-17(21)10-11/h2-4,9-10H,1,5-8H2,(H,15,18)(H,16,19). The second kappa shape index (κ2) is 9.11. The van der Waals surface area contributed by atoms with E-state index in [0.717, 1.165) is 12.3 Å². The third-order valence-electron chi connectivity index (χ3n) is 2.47. The molecule has 0 aliphatic carbocycles. The number of aromatic nitrogens is 1. The monoisotopic (exact) mass is 307 g/mol. The zero-order valence-electron chi connectivity index (χ0n) is 11.9. The highest BCUT2D eigenvalue weighted by molar-refractivity contribution is 5.87. The number of rotatable bonds is 8. The van der Waals surface area contributed by atoms with Crippen molar-refractivity contribution in [2.24, 2.45) is 0 Å². The van der Waals surface area contributed by atoms with Gasteiger partial charge in [0.2, 0.25) is 18.0 Å². The quantitative estimate of drug-likeness (QED) is 0.289. The molecule has 0 bridgehead atoms. The van der Waals surface area contributed by atoms with E-state index in [0.29, 0.717) is 4.73 Å². The molecular formula is C14H17N3O5. The molecular weight excluding hydrogens is 290 g/mol. The van der Waals surface area contributed by atoms with Gasteiger partial charge in [-0.3, -0.25) is 14.4 Å². The molecule has 0 saturated carbocycles. The van der Waals surface area contributed by atoms with Crippen molar-refractivity contribution in [2.45, 2.75) is 12.8 Å². The Bertz CT molecular complexity index is 559. The van der Waals surface area contributed by atoms with E-state index in [4.69, 9.17) is 4.74 Å². The smallest absolute Gasteiger partial charge is 0.313 e. The van der Waals surface area contributed by atoms with Gasteiger partial charge in [-0.25, -0.2) is 0 Å². The molecule has 1 rings (SSSR count). The Kier molecular flexibility index (Phi) is 7.10. The Labute approximate surface area is 127 Å². The number of ether oxygens (including phenoxy) is 1. The van der Waals surface area contributed by atoms with E-state index in [1.165, 1.54) is 18.3 Å². The largest absolute Gasteiger partial charge is 0.619 e. The van der Waals surface area contributed by atoms with Crippen molar-refractivity contribution in [1.29, 1.82) is 0 Å². The van der Waals surface area contributed by atoms with Gasteiger partial charge in [-0.1, -0.05) is 6.58 Å². The summed E-state index contributed by atoms with van der Waals surface area (Å²) in [7, 11) is 0. The van der Waals surface area contributed by atoms with Gasteiger partial charge >= 0.3 is 5.97 Å². The number of carbonyl (C=O) groups excluding carboxylic acids is 3. The zero-order chi connectivity index (χ0) is 16.4. The van der Waals surface area contributed by atoms with Gasteiger partial charge in [-0.05, 0) is 12.1 Å². The van der Waals surface area contributed by atoms with Crippen LogP contribution in [-0.2, 0) is 14.4 Å². The maximum atomic E-state index is 11.5. The van der Waals surface area contributed by atoms with Crippen LogP contribution in [0.3, 0.4) is 0 Å². The van der Waals surface area contributed by atoms with Crippen molar-refractivity contribution in [1.82, 2.24) is 10.6 Å². The minimum absolute atomic E-state index is 0.0293. The lowest BCUT2D eigenvalue weighted by Crippen LogP contribution is -2.31. The topological polar surface area (TPSA) is 111 Å². The summed E-state index contributed by atoms with van der Waals surface area (Å²) in [4.78, 5) is 33.8. The Morgan fingerprint density at radius 3 is 2.68 bits per heavy atom. The molecule has 22 heavy (non-hydrogen) atoms. The Balaban J connectivity index is 2.18. The van der Waals surface area contributed by atoms with E-state index >= 15 is 0 Å². The molecule has 8 heteroatoms. The Morgan fingerprint density at radius 1 is 1.27 bits per heavy atom. The first kappa shape index (κ1) is 17.2. The minimum Gasteiger partial charge on any atom is -0.619 e. The normalized spacial score (nSPS) is 9.64. The van der Waals surface area contributed by atoms with Crippen LogP contribution in [0.4, 0.5) is 0 Å². The summed E-state index contributed by atoms with van der Waals surface area (Å²) in [6, 6.07) is 2.93. The third kappa shape index (κ3) is 7.04. The molecule has 118 valence electrons. The molecule has 0 aliphatic rings. The number of hydrogen-bond acceptors (Lipinski definition) is 5. The highest BCUT2D eigenvalue weighted by Gasteiger charge is 2.08. The van der Waals surface area contributed by atoms with Gasteiger partial charge in [-0.2, -0.15) is 4.73 Å². The highest BCUT2D eigenvalue weighted by atomic mass is 16.5.